The molecule has 2 aromatic rings. The van der Waals surface area contributed by atoms with E-state index in [0.29, 0.717) is 17.2 Å². The van der Waals surface area contributed by atoms with Crippen molar-refractivity contribution in [3.05, 3.63) is 47.5 Å². The largest absolute Gasteiger partial charge is 0.497 e. The number of ether oxygens (including phenoxy) is 2. The summed E-state index contributed by atoms with van der Waals surface area (Å²) in [7, 11) is -0.680. The summed E-state index contributed by atoms with van der Waals surface area (Å²) in [5, 5.41) is 2.77. The highest BCUT2D eigenvalue weighted by molar-refractivity contribution is 7.91. The van der Waals surface area contributed by atoms with Crippen LogP contribution in [0.5, 0.6) is 11.5 Å². The molecule has 1 N–H and O–H groups in total. The van der Waals surface area contributed by atoms with E-state index in [1.807, 2.05) is 0 Å². The third kappa shape index (κ3) is 4.87. The van der Waals surface area contributed by atoms with E-state index in [1.54, 1.807) is 30.3 Å². The number of rotatable bonds is 7. The standard InChI is InChI=1S/C17H18ClNO5S/c1-23-12-7-8-15(24-2)14(11-12)19-17(20)9-10-25(21,22)16-6-4-3-5-13(16)18/h3-8,11H,9-10H2,1-2H3,(H,19,20). The molecule has 0 aromatic heterocycles. The second-order valence-electron chi connectivity index (χ2n) is 5.11. The lowest BCUT2D eigenvalue weighted by atomic mass is 10.2. The predicted octanol–water partition coefficient (Wildman–Crippen LogP) is 3.16. The Bertz CT molecular complexity index is 867. The summed E-state index contributed by atoms with van der Waals surface area (Å²) in [6.45, 7) is 0. The average Bonchev–Trinajstić information content (AvgIpc) is 2.60. The van der Waals surface area contributed by atoms with E-state index in [4.69, 9.17) is 21.1 Å². The molecule has 25 heavy (non-hydrogen) atoms. The second kappa shape index (κ2) is 8.22. The van der Waals surface area contributed by atoms with Crippen molar-refractivity contribution in [1.29, 1.82) is 0 Å². The smallest absolute Gasteiger partial charge is 0.225 e. The van der Waals surface area contributed by atoms with Gasteiger partial charge in [-0.3, -0.25) is 4.79 Å². The summed E-state index contributed by atoms with van der Waals surface area (Å²) in [5.74, 6) is 0.180. The Morgan fingerprint density at radius 3 is 2.48 bits per heavy atom. The molecule has 6 nitrogen and oxygen atoms in total. The molecule has 0 spiro atoms. The number of methoxy groups -OCH3 is 2. The molecule has 0 heterocycles. The van der Waals surface area contributed by atoms with Gasteiger partial charge in [-0.05, 0) is 24.3 Å². The van der Waals surface area contributed by atoms with Gasteiger partial charge in [-0.15, -0.1) is 0 Å². The van der Waals surface area contributed by atoms with Crippen molar-refractivity contribution in [1.82, 2.24) is 0 Å². The average molecular weight is 384 g/mol. The molecule has 0 fully saturated rings. The molecule has 0 radical (unpaired) electrons. The number of benzene rings is 2. The van der Waals surface area contributed by atoms with Crippen molar-refractivity contribution < 1.29 is 22.7 Å². The minimum absolute atomic E-state index is 0.0171. The third-order valence-corrected chi connectivity index (χ3v) is 5.66. The molecular weight excluding hydrogens is 366 g/mol. The first-order valence-electron chi connectivity index (χ1n) is 7.36. The lowest BCUT2D eigenvalue weighted by Crippen LogP contribution is -2.18. The van der Waals surface area contributed by atoms with Crippen LogP contribution >= 0.6 is 11.6 Å². The van der Waals surface area contributed by atoms with Gasteiger partial charge in [0.2, 0.25) is 5.91 Å². The predicted molar refractivity (Wildman–Crippen MR) is 96.3 cm³/mol. The number of hydrogen-bond acceptors (Lipinski definition) is 5. The monoisotopic (exact) mass is 383 g/mol. The molecule has 0 aliphatic rings. The fourth-order valence-electron chi connectivity index (χ4n) is 2.16. The van der Waals surface area contributed by atoms with E-state index in [0.717, 1.165) is 0 Å². The Morgan fingerprint density at radius 2 is 1.84 bits per heavy atom. The van der Waals surface area contributed by atoms with Gasteiger partial charge in [0.15, 0.2) is 9.84 Å². The molecule has 0 atom stereocenters. The number of carbonyl (C=O) groups is 1. The minimum atomic E-state index is -3.66. The van der Waals surface area contributed by atoms with Crippen LogP contribution in [-0.2, 0) is 14.6 Å². The van der Waals surface area contributed by atoms with Gasteiger partial charge in [0.25, 0.3) is 0 Å². The number of carbonyl (C=O) groups excluding carboxylic acids is 1. The van der Waals surface area contributed by atoms with E-state index in [-0.39, 0.29) is 22.1 Å². The molecule has 0 saturated heterocycles. The van der Waals surface area contributed by atoms with Crippen molar-refractivity contribution in [2.24, 2.45) is 0 Å². The van der Waals surface area contributed by atoms with E-state index >= 15 is 0 Å². The summed E-state index contributed by atoms with van der Waals surface area (Å²) in [6, 6.07) is 11.1. The van der Waals surface area contributed by atoms with Crippen molar-refractivity contribution in [3.8, 4) is 11.5 Å². The molecule has 8 heteroatoms. The van der Waals surface area contributed by atoms with Crippen LogP contribution < -0.4 is 14.8 Å². The zero-order valence-corrected chi connectivity index (χ0v) is 15.4. The Hall–Kier alpha value is -2.25. The van der Waals surface area contributed by atoms with Crippen LogP contribution in [0.1, 0.15) is 6.42 Å². The number of anilines is 1. The van der Waals surface area contributed by atoms with E-state index in [2.05, 4.69) is 5.32 Å². The fraction of sp³-hybridized carbons (Fsp3) is 0.235. The van der Waals surface area contributed by atoms with Gasteiger partial charge in [-0.1, -0.05) is 23.7 Å². The van der Waals surface area contributed by atoms with Gasteiger partial charge in [0.1, 0.15) is 11.5 Å². The van der Waals surface area contributed by atoms with Gasteiger partial charge in [-0.2, -0.15) is 0 Å². The summed E-state index contributed by atoms with van der Waals surface area (Å²) in [4.78, 5) is 12.2. The Morgan fingerprint density at radius 1 is 1.12 bits per heavy atom. The maximum absolute atomic E-state index is 12.3. The van der Waals surface area contributed by atoms with Gasteiger partial charge in [0, 0.05) is 12.5 Å². The molecule has 0 bridgehead atoms. The van der Waals surface area contributed by atoms with Crippen molar-refractivity contribution >= 4 is 33.0 Å². The summed E-state index contributed by atoms with van der Waals surface area (Å²) >= 11 is 5.92. The van der Waals surface area contributed by atoms with Crippen LogP contribution in [0.15, 0.2) is 47.4 Å². The molecule has 2 aromatic carbocycles. The van der Waals surface area contributed by atoms with Crippen LogP contribution in [0, 0.1) is 0 Å². The van der Waals surface area contributed by atoms with E-state index in [1.165, 1.54) is 26.4 Å². The van der Waals surface area contributed by atoms with Crippen LogP contribution in [0.25, 0.3) is 0 Å². The van der Waals surface area contributed by atoms with E-state index < -0.39 is 15.7 Å². The minimum Gasteiger partial charge on any atom is -0.497 e. The van der Waals surface area contributed by atoms with Gasteiger partial charge >= 0.3 is 0 Å². The lowest BCUT2D eigenvalue weighted by Gasteiger charge is -2.12. The highest BCUT2D eigenvalue weighted by atomic mass is 35.5. The first-order chi connectivity index (χ1) is 11.9. The molecule has 134 valence electrons. The maximum atomic E-state index is 12.3. The first kappa shape index (κ1) is 19.1. The molecule has 0 aliphatic heterocycles. The molecule has 2 rings (SSSR count). The normalized spacial score (nSPS) is 11.0. The zero-order chi connectivity index (χ0) is 18.4. The quantitative estimate of drug-likeness (QED) is 0.794. The number of halogens is 1. The Labute approximate surface area is 151 Å². The number of hydrogen-bond donors (Lipinski definition) is 1. The topological polar surface area (TPSA) is 81.7 Å². The van der Waals surface area contributed by atoms with Gasteiger partial charge < -0.3 is 14.8 Å². The summed E-state index contributed by atoms with van der Waals surface area (Å²) in [6.07, 6.45) is -0.214. The Balaban J connectivity index is 2.07. The van der Waals surface area contributed by atoms with Crippen molar-refractivity contribution in [2.75, 3.05) is 25.3 Å². The SMILES string of the molecule is COc1ccc(OC)c(NC(=O)CCS(=O)(=O)c2ccccc2Cl)c1. The molecular formula is C17H18ClNO5S. The summed E-state index contributed by atoms with van der Waals surface area (Å²) in [5.41, 5.74) is 0.405. The van der Waals surface area contributed by atoms with Crippen LogP contribution in [0.2, 0.25) is 5.02 Å². The van der Waals surface area contributed by atoms with Crippen LogP contribution in [0.4, 0.5) is 5.69 Å². The van der Waals surface area contributed by atoms with Crippen LogP contribution in [0.3, 0.4) is 0 Å². The molecule has 0 saturated carbocycles. The first-order valence-corrected chi connectivity index (χ1v) is 9.39. The van der Waals surface area contributed by atoms with Gasteiger partial charge in [-0.25, -0.2) is 8.42 Å². The number of amides is 1. The Kier molecular flexibility index (Phi) is 6.27. The van der Waals surface area contributed by atoms with Crippen LogP contribution in [-0.4, -0.2) is 34.3 Å². The molecule has 0 unspecified atom stereocenters. The number of nitrogens with one attached hydrogen (secondary N) is 1. The van der Waals surface area contributed by atoms with E-state index in [9.17, 15) is 13.2 Å². The number of sulfone groups is 1. The fourth-order valence-corrected chi connectivity index (χ4v) is 3.97. The van der Waals surface area contributed by atoms with Gasteiger partial charge in [0.05, 0.1) is 35.6 Å². The maximum Gasteiger partial charge on any atom is 0.225 e. The second-order valence-corrected chi connectivity index (χ2v) is 7.60. The summed E-state index contributed by atoms with van der Waals surface area (Å²) < 4.78 is 34.9. The van der Waals surface area contributed by atoms with Crippen molar-refractivity contribution in [3.63, 3.8) is 0 Å². The highest BCUT2D eigenvalue weighted by Crippen LogP contribution is 2.29. The third-order valence-electron chi connectivity index (χ3n) is 3.45. The molecule has 1 amide bonds. The van der Waals surface area contributed by atoms with Crippen molar-refractivity contribution in [2.45, 2.75) is 11.3 Å². The molecule has 0 aliphatic carbocycles. The zero-order valence-electron chi connectivity index (χ0n) is 13.8. The highest BCUT2D eigenvalue weighted by Gasteiger charge is 2.19. The lowest BCUT2D eigenvalue weighted by molar-refractivity contribution is -0.115.